The third kappa shape index (κ3) is 1.91. The van der Waals surface area contributed by atoms with E-state index in [-0.39, 0.29) is 6.10 Å². The van der Waals surface area contributed by atoms with Crippen molar-refractivity contribution in [3.05, 3.63) is 35.9 Å². The zero-order valence-electron chi connectivity index (χ0n) is 11.9. The van der Waals surface area contributed by atoms with E-state index in [0.717, 1.165) is 13.1 Å². The second-order valence-electron chi connectivity index (χ2n) is 6.31. The summed E-state index contributed by atoms with van der Waals surface area (Å²) in [7, 11) is 0. The Morgan fingerprint density at radius 2 is 2.05 bits per heavy atom. The van der Waals surface area contributed by atoms with E-state index in [2.05, 4.69) is 47.1 Å². The predicted molar refractivity (Wildman–Crippen MR) is 75.8 cm³/mol. The van der Waals surface area contributed by atoms with Crippen LogP contribution < -0.4 is 0 Å². The number of fused-ring (bicyclic) bond motifs is 4. The fraction of sp³-hybridized carbons (Fsp3) is 0.625. The Kier molecular flexibility index (Phi) is 3.07. The van der Waals surface area contributed by atoms with Gasteiger partial charge in [-0.3, -0.25) is 4.90 Å². The van der Waals surface area contributed by atoms with Crippen LogP contribution in [0.1, 0.15) is 25.3 Å². The first-order valence-electron chi connectivity index (χ1n) is 7.63. The summed E-state index contributed by atoms with van der Waals surface area (Å²) in [5.41, 5.74) is 1.38. The van der Waals surface area contributed by atoms with Crippen LogP contribution in [0.25, 0.3) is 0 Å². The molecule has 0 radical (unpaired) electrons. The molecule has 4 rings (SSSR count). The Balaban J connectivity index is 1.58. The van der Waals surface area contributed by atoms with E-state index in [9.17, 15) is 5.11 Å². The van der Waals surface area contributed by atoms with E-state index < -0.39 is 6.41 Å². The molecule has 3 saturated heterocycles. The minimum Gasteiger partial charge on any atom is -0.356 e. The van der Waals surface area contributed by atoms with Crippen LogP contribution in [0.5, 0.6) is 0 Å². The zero-order valence-corrected chi connectivity index (χ0v) is 11.9. The topological polar surface area (TPSA) is 35.9 Å². The fourth-order valence-corrected chi connectivity index (χ4v) is 4.33. The molecule has 1 N–H and O–H groups in total. The number of rotatable bonds is 2. The lowest BCUT2D eigenvalue weighted by Gasteiger charge is -2.44. The quantitative estimate of drug-likeness (QED) is 0.884. The number of ether oxygens (including phenoxy) is 1. The number of aliphatic hydroxyl groups excluding tert-OH is 1. The van der Waals surface area contributed by atoms with Gasteiger partial charge in [0, 0.05) is 25.2 Å². The molecule has 1 aromatic carbocycles. The monoisotopic (exact) mass is 274 g/mol. The van der Waals surface area contributed by atoms with Crippen molar-refractivity contribution in [3.63, 3.8) is 0 Å². The van der Waals surface area contributed by atoms with E-state index in [1.807, 2.05) is 0 Å². The first kappa shape index (κ1) is 12.8. The van der Waals surface area contributed by atoms with Gasteiger partial charge in [-0.05, 0) is 25.3 Å². The van der Waals surface area contributed by atoms with Gasteiger partial charge in [0.2, 0.25) is 6.41 Å². The first-order valence-corrected chi connectivity index (χ1v) is 7.63. The molecule has 1 aromatic rings. The third-order valence-electron chi connectivity index (χ3n) is 5.20. The van der Waals surface area contributed by atoms with Crippen molar-refractivity contribution in [3.8, 4) is 0 Å². The largest absolute Gasteiger partial charge is 0.356 e. The van der Waals surface area contributed by atoms with E-state index >= 15 is 0 Å². The van der Waals surface area contributed by atoms with Crippen LogP contribution in [0.2, 0.25) is 0 Å². The van der Waals surface area contributed by atoms with Crippen molar-refractivity contribution in [2.45, 2.75) is 57.0 Å². The maximum atomic E-state index is 10.0. The summed E-state index contributed by atoms with van der Waals surface area (Å²) in [4.78, 5) is 4.79. The number of aliphatic hydroxyl groups is 1. The lowest BCUT2D eigenvalue weighted by molar-refractivity contribution is -0.156. The van der Waals surface area contributed by atoms with Gasteiger partial charge in [0.15, 0.2) is 0 Å². The van der Waals surface area contributed by atoms with E-state index in [0.29, 0.717) is 18.1 Å². The van der Waals surface area contributed by atoms with Gasteiger partial charge < -0.3 is 9.84 Å². The van der Waals surface area contributed by atoms with Gasteiger partial charge in [-0.25, -0.2) is 4.90 Å². The Labute approximate surface area is 119 Å². The molecule has 2 unspecified atom stereocenters. The van der Waals surface area contributed by atoms with Crippen LogP contribution in [-0.4, -0.2) is 52.1 Å². The van der Waals surface area contributed by atoms with Crippen LogP contribution in [-0.2, 0) is 11.3 Å². The highest BCUT2D eigenvalue weighted by Gasteiger charge is 2.53. The molecule has 108 valence electrons. The summed E-state index contributed by atoms with van der Waals surface area (Å²) >= 11 is 0. The average molecular weight is 274 g/mol. The molecule has 20 heavy (non-hydrogen) atoms. The highest BCUT2D eigenvalue weighted by Crippen LogP contribution is 2.40. The molecule has 0 aliphatic carbocycles. The fourth-order valence-electron chi connectivity index (χ4n) is 4.33. The second kappa shape index (κ2) is 4.81. The van der Waals surface area contributed by atoms with E-state index in [4.69, 9.17) is 4.74 Å². The number of hydrogen-bond acceptors (Lipinski definition) is 4. The average Bonchev–Trinajstić information content (AvgIpc) is 2.87. The number of hydrogen-bond donors (Lipinski definition) is 1. The van der Waals surface area contributed by atoms with Gasteiger partial charge in [0.05, 0.1) is 12.1 Å². The molecule has 0 spiro atoms. The molecule has 3 heterocycles. The first-order chi connectivity index (χ1) is 9.74. The highest BCUT2D eigenvalue weighted by molar-refractivity contribution is 5.16. The minimum atomic E-state index is -0.697. The van der Waals surface area contributed by atoms with Crippen LogP contribution in [0.4, 0.5) is 0 Å². The molecule has 2 bridgehead atoms. The Bertz CT molecular complexity index is 481. The SMILES string of the molecule is C[C@@H]1OC(O)N2C[C@@H]3CC[C@H](C12)N3Cc1ccccc1. The Morgan fingerprint density at radius 3 is 2.85 bits per heavy atom. The standard InChI is InChI=1S/C16H22N2O2/c1-11-15-14-8-7-13(10-18(15)16(19)20-11)17(14)9-12-5-3-2-4-6-12/h2-6,11,13-16,19H,7-10H2,1H3/t11-,13-,14+,15?,16?/m0/s1. The number of piperazine rings is 1. The molecule has 3 aliphatic rings. The van der Waals surface area contributed by atoms with Crippen molar-refractivity contribution in [2.24, 2.45) is 0 Å². The molecule has 3 aliphatic heterocycles. The van der Waals surface area contributed by atoms with Crippen molar-refractivity contribution in [1.29, 1.82) is 0 Å². The van der Waals surface area contributed by atoms with Gasteiger partial charge in [-0.1, -0.05) is 30.3 Å². The summed E-state index contributed by atoms with van der Waals surface area (Å²) in [5, 5.41) is 10.0. The smallest absolute Gasteiger partial charge is 0.216 e. The molecule has 5 atom stereocenters. The van der Waals surface area contributed by atoms with Crippen molar-refractivity contribution < 1.29 is 9.84 Å². The summed E-state index contributed by atoms with van der Waals surface area (Å²) < 4.78 is 5.61. The number of nitrogens with zero attached hydrogens (tertiary/aromatic N) is 2. The lowest BCUT2D eigenvalue weighted by Crippen LogP contribution is -2.60. The van der Waals surface area contributed by atoms with Gasteiger partial charge in [-0.15, -0.1) is 0 Å². The van der Waals surface area contributed by atoms with Gasteiger partial charge in [-0.2, -0.15) is 0 Å². The van der Waals surface area contributed by atoms with Crippen LogP contribution in [0, 0.1) is 0 Å². The summed E-state index contributed by atoms with van der Waals surface area (Å²) in [6.45, 7) is 4.04. The van der Waals surface area contributed by atoms with Crippen LogP contribution >= 0.6 is 0 Å². The predicted octanol–water partition coefficient (Wildman–Crippen LogP) is 1.40. The Hall–Kier alpha value is -0.940. The zero-order chi connectivity index (χ0) is 13.7. The Morgan fingerprint density at radius 1 is 1.25 bits per heavy atom. The highest BCUT2D eigenvalue weighted by atomic mass is 16.6. The van der Waals surface area contributed by atoms with Gasteiger partial charge >= 0.3 is 0 Å². The normalized spacial score (nSPS) is 41.0. The molecule has 4 heteroatoms. The van der Waals surface area contributed by atoms with Crippen LogP contribution in [0.15, 0.2) is 30.3 Å². The maximum absolute atomic E-state index is 10.0. The molecular weight excluding hydrogens is 252 g/mol. The van der Waals surface area contributed by atoms with E-state index in [1.165, 1.54) is 18.4 Å². The van der Waals surface area contributed by atoms with Crippen molar-refractivity contribution in [2.75, 3.05) is 6.54 Å². The summed E-state index contributed by atoms with van der Waals surface area (Å²) in [5.74, 6) is 0. The van der Waals surface area contributed by atoms with E-state index in [1.54, 1.807) is 0 Å². The lowest BCUT2D eigenvalue weighted by atomic mass is 9.99. The van der Waals surface area contributed by atoms with Crippen LogP contribution in [0.3, 0.4) is 0 Å². The molecule has 4 nitrogen and oxygen atoms in total. The number of benzene rings is 1. The molecular formula is C16H22N2O2. The second-order valence-corrected chi connectivity index (χ2v) is 6.31. The maximum Gasteiger partial charge on any atom is 0.216 e. The van der Waals surface area contributed by atoms with Crippen molar-refractivity contribution in [1.82, 2.24) is 9.80 Å². The molecule has 3 fully saturated rings. The molecule has 0 saturated carbocycles. The minimum absolute atomic E-state index is 0.118. The molecule has 0 aromatic heterocycles. The van der Waals surface area contributed by atoms with Gasteiger partial charge in [0.25, 0.3) is 0 Å². The van der Waals surface area contributed by atoms with Gasteiger partial charge in [0.1, 0.15) is 0 Å². The molecule has 0 amide bonds. The summed E-state index contributed by atoms with van der Waals surface area (Å²) in [6.07, 6.45) is 1.88. The summed E-state index contributed by atoms with van der Waals surface area (Å²) in [6, 6.07) is 12.1. The third-order valence-corrected chi connectivity index (χ3v) is 5.20. The van der Waals surface area contributed by atoms with Crippen molar-refractivity contribution >= 4 is 0 Å².